The van der Waals surface area contributed by atoms with Crippen LogP contribution in [0.1, 0.15) is 96.9 Å². The van der Waals surface area contributed by atoms with Crippen LogP contribution in [0, 0.1) is 0 Å². The molecule has 50 heavy (non-hydrogen) atoms. The molecule has 3 N–H and O–H groups in total. The second-order valence-corrected chi connectivity index (χ2v) is 15.5. The third kappa shape index (κ3) is 8.76. The van der Waals surface area contributed by atoms with Crippen molar-refractivity contribution < 1.29 is 19.1 Å². The fraction of sp³-hybridized carbons (Fsp3) is 0.500. The Labute approximate surface area is 296 Å². The van der Waals surface area contributed by atoms with E-state index < -0.39 is 11.2 Å². The summed E-state index contributed by atoms with van der Waals surface area (Å²) in [6, 6.07) is 22.1. The topological polar surface area (TPSA) is 117 Å². The van der Waals surface area contributed by atoms with Crippen LogP contribution in [0.5, 0.6) is 0 Å². The van der Waals surface area contributed by atoms with E-state index in [-0.39, 0.29) is 30.3 Å². The summed E-state index contributed by atoms with van der Waals surface area (Å²) in [5, 5.41) is 12.5. The Kier molecular flexibility index (Phi) is 10.4. The minimum Gasteiger partial charge on any atom is -0.444 e. The lowest BCUT2D eigenvalue weighted by molar-refractivity contribution is 0.0264. The molecule has 0 spiro atoms. The molecule has 0 bridgehead atoms. The summed E-state index contributed by atoms with van der Waals surface area (Å²) in [4.78, 5) is 36.2. The van der Waals surface area contributed by atoms with Crippen LogP contribution in [0.4, 0.5) is 9.59 Å². The van der Waals surface area contributed by atoms with E-state index in [4.69, 9.17) is 19.5 Å². The molecule has 1 saturated heterocycles. The number of carbonyl (C=O) groups is 2. The van der Waals surface area contributed by atoms with E-state index in [0.29, 0.717) is 26.2 Å². The van der Waals surface area contributed by atoms with Crippen LogP contribution in [0.15, 0.2) is 70.6 Å². The van der Waals surface area contributed by atoms with Crippen LogP contribution in [-0.2, 0) is 9.47 Å². The maximum absolute atomic E-state index is 12.9. The Balaban J connectivity index is 1.05. The van der Waals surface area contributed by atoms with E-state index in [9.17, 15) is 9.59 Å². The molecule has 10 heteroatoms. The number of hydrogen-bond donors (Lipinski definition) is 3. The number of rotatable bonds is 9. The summed E-state index contributed by atoms with van der Waals surface area (Å²) >= 11 is 0. The second-order valence-electron chi connectivity index (χ2n) is 15.5. The molecule has 6 rings (SSSR count). The van der Waals surface area contributed by atoms with Gasteiger partial charge < -0.3 is 25.4 Å². The van der Waals surface area contributed by atoms with E-state index in [2.05, 4.69) is 76.6 Å². The molecule has 1 fully saturated rings. The number of hydrogen-bond acceptors (Lipinski definition) is 8. The zero-order valence-electron chi connectivity index (χ0n) is 30.3. The van der Waals surface area contributed by atoms with Crippen molar-refractivity contribution in [2.75, 3.05) is 26.2 Å². The maximum atomic E-state index is 12.9. The van der Waals surface area contributed by atoms with Crippen LogP contribution in [-0.4, -0.2) is 72.2 Å². The molecule has 0 aromatic heterocycles. The molecule has 2 amide bonds. The van der Waals surface area contributed by atoms with E-state index in [1.807, 2.05) is 46.4 Å². The lowest BCUT2D eigenvalue weighted by Crippen LogP contribution is -2.46. The minimum atomic E-state index is -0.528. The molecule has 3 aromatic carbocycles. The van der Waals surface area contributed by atoms with Gasteiger partial charge in [-0.2, -0.15) is 0 Å². The molecular weight excluding hydrogens is 628 g/mol. The average Bonchev–Trinajstić information content (AvgIpc) is 3.84. The van der Waals surface area contributed by atoms with Crippen molar-refractivity contribution >= 4 is 34.6 Å². The fourth-order valence-electron chi connectivity index (χ4n) is 6.89. The Bertz CT molecular complexity index is 1770. The monoisotopic (exact) mass is 680 g/mol. The predicted octanol–water partition coefficient (Wildman–Crippen LogP) is 7.69. The van der Waals surface area contributed by atoms with Gasteiger partial charge in [-0.1, -0.05) is 48.5 Å². The molecule has 3 aromatic rings. The Morgan fingerprint density at radius 3 is 2.40 bits per heavy atom. The molecule has 10 nitrogen and oxygen atoms in total. The molecule has 0 saturated carbocycles. The molecular formula is C40H52N6O4. The van der Waals surface area contributed by atoms with Crippen molar-refractivity contribution in [1.82, 2.24) is 20.9 Å². The van der Waals surface area contributed by atoms with E-state index >= 15 is 0 Å². The lowest BCUT2D eigenvalue weighted by atomic mass is 9.93. The second kappa shape index (κ2) is 14.7. The summed E-state index contributed by atoms with van der Waals surface area (Å²) in [6.07, 6.45) is 3.83. The number of likely N-dealkylation sites (tertiary alicyclic amines) is 1. The van der Waals surface area contributed by atoms with Gasteiger partial charge in [0.2, 0.25) is 0 Å². The summed E-state index contributed by atoms with van der Waals surface area (Å²) in [5.41, 5.74) is 3.76. The largest absolute Gasteiger partial charge is 0.444 e. The van der Waals surface area contributed by atoms with E-state index in [1.54, 1.807) is 0 Å². The highest BCUT2D eigenvalue weighted by Crippen LogP contribution is 2.33. The van der Waals surface area contributed by atoms with Gasteiger partial charge in [-0.25, -0.2) is 9.59 Å². The van der Waals surface area contributed by atoms with Crippen molar-refractivity contribution in [2.45, 2.75) is 103 Å². The van der Waals surface area contributed by atoms with Gasteiger partial charge in [0.1, 0.15) is 17.0 Å². The van der Waals surface area contributed by atoms with Crippen molar-refractivity contribution in [3.63, 3.8) is 0 Å². The lowest BCUT2D eigenvalue weighted by Gasteiger charge is -2.29. The molecule has 266 valence electrons. The number of aliphatic imine (C=N–C) groups is 2. The normalized spacial score (nSPS) is 20.6. The SMILES string of the molecule is CC(C)(C)OC(=O)NCCCCC1=NCC(c2cccc(-c3cccc4cc(C5CN=C([C@@H]6CCCN6C(=O)OC(C)(C)C)N5)ccc34)c2)N1. The number of amidine groups is 2. The third-order valence-corrected chi connectivity index (χ3v) is 9.18. The van der Waals surface area contributed by atoms with Crippen molar-refractivity contribution in [3.05, 3.63) is 71.8 Å². The number of nitrogens with zero attached hydrogens (tertiary/aromatic N) is 3. The minimum absolute atomic E-state index is 0.0614. The number of carbonyl (C=O) groups excluding carboxylic acids is 2. The third-order valence-electron chi connectivity index (χ3n) is 9.18. The number of ether oxygens (including phenoxy) is 2. The smallest absolute Gasteiger partial charge is 0.410 e. The molecule has 0 radical (unpaired) electrons. The molecule has 3 atom stereocenters. The molecule has 2 unspecified atom stereocenters. The maximum Gasteiger partial charge on any atom is 0.410 e. The summed E-state index contributed by atoms with van der Waals surface area (Å²) in [7, 11) is 0. The van der Waals surface area contributed by atoms with E-state index in [1.165, 1.54) is 33.0 Å². The quantitative estimate of drug-likeness (QED) is 0.200. The highest BCUT2D eigenvalue weighted by atomic mass is 16.6. The van der Waals surface area contributed by atoms with Crippen LogP contribution >= 0.6 is 0 Å². The Morgan fingerprint density at radius 1 is 0.860 bits per heavy atom. The first-order chi connectivity index (χ1) is 23.8. The van der Waals surface area contributed by atoms with Crippen molar-refractivity contribution in [3.8, 4) is 11.1 Å². The van der Waals surface area contributed by atoms with Gasteiger partial charge in [0.15, 0.2) is 0 Å². The highest BCUT2D eigenvalue weighted by Gasteiger charge is 2.37. The van der Waals surface area contributed by atoms with Crippen LogP contribution in [0.2, 0.25) is 0 Å². The number of amides is 2. The predicted molar refractivity (Wildman–Crippen MR) is 200 cm³/mol. The Hall–Kier alpha value is -4.60. The number of nitrogens with one attached hydrogen (secondary N) is 3. The van der Waals surface area contributed by atoms with Gasteiger partial charge in [-0.15, -0.1) is 0 Å². The van der Waals surface area contributed by atoms with Crippen LogP contribution < -0.4 is 16.0 Å². The number of fused-ring (bicyclic) bond motifs is 1. The number of unbranched alkanes of at least 4 members (excludes halogenated alkanes) is 1. The zero-order valence-corrected chi connectivity index (χ0v) is 30.3. The summed E-state index contributed by atoms with van der Waals surface area (Å²) in [6.45, 7) is 13.9. The van der Waals surface area contributed by atoms with Gasteiger partial charge >= 0.3 is 12.2 Å². The van der Waals surface area contributed by atoms with Gasteiger partial charge in [-0.05, 0) is 112 Å². The number of benzene rings is 3. The van der Waals surface area contributed by atoms with Crippen molar-refractivity contribution in [1.29, 1.82) is 0 Å². The standard InChI is InChI=1S/C40H52N6O4/c1-39(2,3)49-37(47)41-20-8-7-17-35-42-24-32(44-35)28-14-9-12-26(22-28)30-15-10-13-27-23-29(18-19-31(27)30)33-25-43-36(45-33)34-16-11-21-46(34)38(48)50-40(4,5)6/h9-10,12-15,18-19,22-23,32-34H,7-8,11,16-17,20-21,24-25H2,1-6H3,(H,41,47)(H,42,44)(H,43,45)/t32?,33?,34-/m0/s1. The summed E-state index contributed by atoms with van der Waals surface area (Å²) in [5.74, 6) is 1.90. The Morgan fingerprint density at radius 2 is 1.60 bits per heavy atom. The average molecular weight is 681 g/mol. The fourth-order valence-corrected chi connectivity index (χ4v) is 6.89. The molecule has 3 aliphatic rings. The molecule has 3 aliphatic heterocycles. The first-order valence-electron chi connectivity index (χ1n) is 18.0. The van der Waals surface area contributed by atoms with Crippen LogP contribution in [0.3, 0.4) is 0 Å². The highest BCUT2D eigenvalue weighted by molar-refractivity contribution is 5.97. The first kappa shape index (κ1) is 35.2. The van der Waals surface area contributed by atoms with Gasteiger partial charge in [0.25, 0.3) is 0 Å². The summed E-state index contributed by atoms with van der Waals surface area (Å²) < 4.78 is 11.0. The molecule has 3 heterocycles. The van der Waals surface area contributed by atoms with Crippen molar-refractivity contribution in [2.24, 2.45) is 9.98 Å². The van der Waals surface area contributed by atoms with Crippen LogP contribution in [0.25, 0.3) is 21.9 Å². The van der Waals surface area contributed by atoms with Gasteiger partial charge in [0, 0.05) is 19.5 Å². The van der Waals surface area contributed by atoms with Gasteiger partial charge in [0.05, 0.1) is 37.1 Å². The molecule has 0 aliphatic carbocycles. The number of alkyl carbamates (subject to hydrolysis) is 1. The van der Waals surface area contributed by atoms with Gasteiger partial charge in [-0.3, -0.25) is 14.9 Å². The first-order valence-corrected chi connectivity index (χ1v) is 18.0. The van der Waals surface area contributed by atoms with E-state index in [0.717, 1.165) is 43.8 Å². The zero-order chi connectivity index (χ0) is 35.5.